The van der Waals surface area contributed by atoms with Crippen molar-refractivity contribution in [3.63, 3.8) is 0 Å². The van der Waals surface area contributed by atoms with E-state index in [4.69, 9.17) is 10.00 Å². The second kappa shape index (κ2) is 7.79. The first-order valence-electron chi connectivity index (χ1n) is 9.61. The highest BCUT2D eigenvalue weighted by atomic mass is 16.5. The van der Waals surface area contributed by atoms with E-state index in [0.717, 1.165) is 31.2 Å². The van der Waals surface area contributed by atoms with Crippen LogP contribution in [0, 0.1) is 11.3 Å². The van der Waals surface area contributed by atoms with Crippen molar-refractivity contribution < 1.29 is 9.53 Å². The minimum atomic E-state index is 0.139. The highest BCUT2D eigenvalue weighted by Crippen LogP contribution is 2.37. The number of nitriles is 1. The Morgan fingerprint density at radius 2 is 1.89 bits per heavy atom. The van der Waals surface area contributed by atoms with Gasteiger partial charge in [-0.05, 0) is 43.0 Å². The maximum absolute atomic E-state index is 12.8. The van der Waals surface area contributed by atoms with E-state index in [1.807, 2.05) is 42.5 Å². The van der Waals surface area contributed by atoms with Crippen molar-refractivity contribution in [2.75, 3.05) is 0 Å². The average Bonchev–Trinajstić information content (AvgIpc) is 2.98. The Morgan fingerprint density at radius 3 is 2.52 bits per heavy atom. The third-order valence-electron chi connectivity index (χ3n) is 5.61. The number of piperidine rings is 1. The molecule has 5 nitrogen and oxygen atoms in total. The molecular weight excluding hydrogens is 338 g/mol. The van der Waals surface area contributed by atoms with Crippen LogP contribution in [0.25, 0.3) is 0 Å². The highest BCUT2D eigenvalue weighted by Gasteiger charge is 2.43. The maximum atomic E-state index is 12.8. The Labute approximate surface area is 159 Å². The molecule has 1 aromatic heterocycles. The third kappa shape index (κ3) is 3.95. The van der Waals surface area contributed by atoms with E-state index in [9.17, 15) is 4.79 Å². The minimum absolute atomic E-state index is 0.139. The topological polar surface area (TPSA) is 66.2 Å². The second-order valence-corrected chi connectivity index (χ2v) is 7.37. The fraction of sp³-hybridized carbons (Fsp3) is 0.409. The van der Waals surface area contributed by atoms with Gasteiger partial charge in [-0.25, -0.2) is 4.98 Å². The number of aryl methyl sites for hydroxylation is 1. The lowest BCUT2D eigenvalue weighted by Gasteiger charge is -2.38. The summed E-state index contributed by atoms with van der Waals surface area (Å²) in [6.45, 7) is 0. The quantitative estimate of drug-likeness (QED) is 0.818. The van der Waals surface area contributed by atoms with Crippen LogP contribution in [-0.2, 0) is 11.2 Å². The Balaban J connectivity index is 1.33. The van der Waals surface area contributed by atoms with Gasteiger partial charge in [-0.2, -0.15) is 5.26 Å². The predicted molar refractivity (Wildman–Crippen MR) is 101 cm³/mol. The third-order valence-corrected chi connectivity index (χ3v) is 5.61. The fourth-order valence-corrected chi connectivity index (χ4v) is 4.34. The lowest BCUT2D eigenvalue weighted by molar-refractivity contribution is -0.137. The number of aromatic nitrogens is 1. The van der Waals surface area contributed by atoms with E-state index < -0.39 is 0 Å². The molecule has 27 heavy (non-hydrogen) atoms. The molecule has 1 aromatic carbocycles. The van der Waals surface area contributed by atoms with Gasteiger partial charge in [0.25, 0.3) is 0 Å². The highest BCUT2D eigenvalue weighted by molar-refractivity contribution is 5.77. The lowest BCUT2D eigenvalue weighted by Crippen LogP contribution is -2.49. The van der Waals surface area contributed by atoms with Crippen molar-refractivity contribution in [2.45, 2.75) is 56.7 Å². The van der Waals surface area contributed by atoms with Crippen LogP contribution in [0.15, 0.2) is 48.7 Å². The van der Waals surface area contributed by atoms with Crippen molar-refractivity contribution in [3.05, 3.63) is 59.8 Å². The first-order chi connectivity index (χ1) is 13.2. The zero-order valence-corrected chi connectivity index (χ0v) is 15.3. The smallest absolute Gasteiger partial charge is 0.223 e. The van der Waals surface area contributed by atoms with Gasteiger partial charge in [0.2, 0.25) is 11.8 Å². The van der Waals surface area contributed by atoms with Crippen LogP contribution >= 0.6 is 0 Å². The molecule has 3 heterocycles. The molecule has 2 aliphatic heterocycles. The number of pyridine rings is 1. The average molecular weight is 361 g/mol. The number of benzene rings is 1. The molecule has 2 saturated heterocycles. The van der Waals surface area contributed by atoms with Crippen molar-refractivity contribution in [3.8, 4) is 11.9 Å². The number of amides is 1. The van der Waals surface area contributed by atoms with Crippen molar-refractivity contribution in [1.29, 1.82) is 5.26 Å². The lowest BCUT2D eigenvalue weighted by atomic mass is 9.98. The molecule has 0 aliphatic carbocycles. The molecule has 4 rings (SSSR count). The normalized spacial score (nSPS) is 23.7. The summed E-state index contributed by atoms with van der Waals surface area (Å²) < 4.78 is 6.04. The van der Waals surface area contributed by atoms with Gasteiger partial charge in [-0.3, -0.25) is 4.79 Å². The van der Waals surface area contributed by atoms with E-state index in [0.29, 0.717) is 24.3 Å². The number of fused-ring (bicyclic) bond motifs is 2. The summed E-state index contributed by atoms with van der Waals surface area (Å²) in [7, 11) is 0. The molecule has 2 aliphatic rings. The molecule has 5 heteroatoms. The summed E-state index contributed by atoms with van der Waals surface area (Å²) in [5.41, 5.74) is 1.75. The number of rotatable bonds is 5. The first-order valence-corrected chi connectivity index (χ1v) is 9.61. The fourth-order valence-electron chi connectivity index (χ4n) is 4.34. The summed E-state index contributed by atoms with van der Waals surface area (Å²) in [6.07, 6.45) is 7.01. The summed E-state index contributed by atoms with van der Waals surface area (Å²) in [6, 6.07) is 15.9. The molecule has 0 radical (unpaired) electrons. The molecule has 0 unspecified atom stereocenters. The largest absolute Gasteiger partial charge is 0.474 e. The molecule has 2 bridgehead atoms. The van der Waals surface area contributed by atoms with Crippen LogP contribution in [0.5, 0.6) is 5.88 Å². The van der Waals surface area contributed by atoms with Gasteiger partial charge in [0.05, 0.1) is 11.6 Å². The number of hydrogen-bond acceptors (Lipinski definition) is 4. The Hall–Kier alpha value is -2.87. The van der Waals surface area contributed by atoms with E-state index >= 15 is 0 Å². The molecule has 2 fully saturated rings. The first kappa shape index (κ1) is 17.5. The van der Waals surface area contributed by atoms with Crippen LogP contribution in [0.4, 0.5) is 0 Å². The van der Waals surface area contributed by atoms with E-state index in [-0.39, 0.29) is 24.1 Å². The number of carbonyl (C=O) groups excluding carboxylic acids is 1. The molecular formula is C22H23N3O2. The van der Waals surface area contributed by atoms with Crippen molar-refractivity contribution in [2.24, 2.45) is 0 Å². The van der Waals surface area contributed by atoms with Gasteiger partial charge >= 0.3 is 0 Å². The maximum Gasteiger partial charge on any atom is 0.223 e. The zero-order valence-electron chi connectivity index (χ0n) is 15.3. The van der Waals surface area contributed by atoms with Gasteiger partial charge in [-0.15, -0.1) is 0 Å². The summed E-state index contributed by atoms with van der Waals surface area (Å²) in [5.74, 6) is 0.908. The molecule has 138 valence electrons. The Bertz CT molecular complexity index is 815. The van der Waals surface area contributed by atoms with Gasteiger partial charge in [-0.1, -0.05) is 18.2 Å². The Kier molecular flexibility index (Phi) is 5.06. The number of ether oxygens (including phenoxy) is 1. The van der Waals surface area contributed by atoms with Gasteiger partial charge in [0.15, 0.2) is 0 Å². The standard InChI is InChI=1S/C22H23N3O2/c23-15-17-6-4-16(5-7-17)8-11-22(26)25-18-9-10-19(25)14-20(13-18)27-21-3-1-2-12-24-21/h1-7,12,18-20H,8-11,13-14H2/t18-,19-/m0/s1. The van der Waals surface area contributed by atoms with Gasteiger partial charge in [0.1, 0.15) is 6.10 Å². The van der Waals surface area contributed by atoms with Crippen molar-refractivity contribution >= 4 is 5.91 Å². The van der Waals surface area contributed by atoms with E-state index in [1.165, 1.54) is 0 Å². The monoisotopic (exact) mass is 361 g/mol. The van der Waals surface area contributed by atoms with Crippen LogP contribution in [0.1, 0.15) is 43.2 Å². The van der Waals surface area contributed by atoms with Crippen LogP contribution in [0.2, 0.25) is 0 Å². The van der Waals surface area contributed by atoms with E-state index in [2.05, 4.69) is 16.0 Å². The number of hydrogen-bond donors (Lipinski definition) is 0. The molecule has 1 amide bonds. The van der Waals surface area contributed by atoms with Crippen LogP contribution < -0.4 is 4.74 Å². The Morgan fingerprint density at radius 1 is 1.15 bits per heavy atom. The van der Waals surface area contributed by atoms with Crippen LogP contribution in [-0.4, -0.2) is 34.0 Å². The summed E-state index contributed by atoms with van der Waals surface area (Å²) in [4.78, 5) is 19.2. The summed E-state index contributed by atoms with van der Waals surface area (Å²) in [5, 5.41) is 8.87. The molecule has 0 saturated carbocycles. The van der Waals surface area contributed by atoms with Gasteiger partial charge in [0, 0.05) is 43.6 Å². The SMILES string of the molecule is N#Cc1ccc(CCC(=O)N2[C@H]3CC[C@H]2CC(Oc2ccccn2)C3)cc1. The number of carbonyl (C=O) groups is 1. The van der Waals surface area contributed by atoms with Crippen LogP contribution in [0.3, 0.4) is 0 Å². The summed E-state index contributed by atoms with van der Waals surface area (Å²) >= 11 is 0. The second-order valence-electron chi connectivity index (χ2n) is 7.37. The molecule has 2 aromatic rings. The molecule has 2 atom stereocenters. The minimum Gasteiger partial charge on any atom is -0.474 e. The van der Waals surface area contributed by atoms with Gasteiger partial charge < -0.3 is 9.64 Å². The zero-order chi connectivity index (χ0) is 18.6. The molecule has 0 N–H and O–H groups in total. The molecule has 0 spiro atoms. The number of nitrogens with zero attached hydrogens (tertiary/aromatic N) is 3. The van der Waals surface area contributed by atoms with Crippen molar-refractivity contribution in [1.82, 2.24) is 9.88 Å². The predicted octanol–water partition coefficient (Wildman–Crippen LogP) is 3.49. The van der Waals surface area contributed by atoms with E-state index in [1.54, 1.807) is 6.20 Å².